The van der Waals surface area contributed by atoms with E-state index < -0.39 is 12.0 Å². The third-order valence-electron chi connectivity index (χ3n) is 4.04. The summed E-state index contributed by atoms with van der Waals surface area (Å²) in [6, 6.07) is 19.8. The molecule has 1 N–H and O–H groups in total. The van der Waals surface area contributed by atoms with Crippen molar-refractivity contribution in [2.24, 2.45) is 11.8 Å². The van der Waals surface area contributed by atoms with Gasteiger partial charge in [0.1, 0.15) is 0 Å². The number of allylic oxidation sites excluding steroid dienone is 1. The number of aliphatic hydroxyl groups is 1. The topological polar surface area (TPSA) is 37.3 Å². The van der Waals surface area contributed by atoms with Gasteiger partial charge in [0.05, 0.1) is 6.10 Å². The summed E-state index contributed by atoms with van der Waals surface area (Å²) in [5, 5.41) is 10.5. The van der Waals surface area contributed by atoms with E-state index in [1.807, 2.05) is 55.5 Å². The second-order valence-electron chi connectivity index (χ2n) is 6.03. The van der Waals surface area contributed by atoms with Crippen LogP contribution in [0, 0.1) is 11.8 Å². The lowest BCUT2D eigenvalue weighted by atomic mass is 9.91. The molecule has 3 heteroatoms. The van der Waals surface area contributed by atoms with Crippen LogP contribution in [0.25, 0.3) is 6.08 Å². The average molecular weight is 340 g/mol. The number of hydrogen-bond donors (Lipinski definition) is 1. The maximum Gasteiger partial charge on any atom is 0.161 e. The Morgan fingerprint density at radius 2 is 1.62 bits per heavy atom. The van der Waals surface area contributed by atoms with E-state index in [1.54, 1.807) is 30.8 Å². The van der Waals surface area contributed by atoms with Crippen molar-refractivity contribution in [1.82, 2.24) is 0 Å². The van der Waals surface area contributed by atoms with Gasteiger partial charge in [-0.05, 0) is 29.7 Å². The van der Waals surface area contributed by atoms with Gasteiger partial charge in [-0.3, -0.25) is 4.79 Å². The third-order valence-corrected chi connectivity index (χ3v) is 5.34. The Kier molecular flexibility index (Phi) is 7.29. The highest BCUT2D eigenvalue weighted by Gasteiger charge is 2.25. The highest BCUT2D eigenvalue weighted by molar-refractivity contribution is 7.99. The summed E-state index contributed by atoms with van der Waals surface area (Å²) in [7, 11) is 0. The van der Waals surface area contributed by atoms with E-state index in [-0.39, 0.29) is 11.7 Å². The highest BCUT2D eigenvalue weighted by Crippen LogP contribution is 2.24. The molecular formula is C21H24O2S. The van der Waals surface area contributed by atoms with E-state index in [0.717, 1.165) is 11.3 Å². The van der Waals surface area contributed by atoms with E-state index in [9.17, 15) is 9.90 Å². The molecule has 0 bridgehead atoms. The van der Waals surface area contributed by atoms with Gasteiger partial charge in [-0.25, -0.2) is 0 Å². The predicted molar refractivity (Wildman–Crippen MR) is 102 cm³/mol. The average Bonchev–Trinajstić information content (AvgIpc) is 2.64. The van der Waals surface area contributed by atoms with Crippen LogP contribution in [0.15, 0.2) is 71.6 Å². The van der Waals surface area contributed by atoms with Crippen molar-refractivity contribution < 1.29 is 9.90 Å². The van der Waals surface area contributed by atoms with Gasteiger partial charge in [-0.15, -0.1) is 11.8 Å². The molecule has 0 saturated carbocycles. The zero-order valence-corrected chi connectivity index (χ0v) is 14.9. The fourth-order valence-electron chi connectivity index (χ4n) is 2.40. The standard InChI is InChI=1S/C21H24O2S/c1-16(15-24-19-11-7-4-8-12-19)21(23)17(2)20(22)14-13-18-9-5-3-6-10-18/h3-14,16-17,21,23H,15H2,1-2H3/b14-13+/t16-,17+,21-/m1/s1. The Morgan fingerprint density at radius 1 is 1.04 bits per heavy atom. The minimum Gasteiger partial charge on any atom is -0.392 e. The van der Waals surface area contributed by atoms with Crippen molar-refractivity contribution in [3.05, 3.63) is 72.3 Å². The quantitative estimate of drug-likeness (QED) is 0.559. The summed E-state index contributed by atoms with van der Waals surface area (Å²) < 4.78 is 0. The van der Waals surface area contributed by atoms with Gasteiger partial charge in [0, 0.05) is 16.6 Å². The highest BCUT2D eigenvalue weighted by atomic mass is 32.2. The molecule has 0 unspecified atom stereocenters. The number of ketones is 1. The molecule has 0 heterocycles. The van der Waals surface area contributed by atoms with E-state index in [2.05, 4.69) is 12.1 Å². The van der Waals surface area contributed by atoms with Crippen molar-refractivity contribution in [2.75, 3.05) is 5.75 Å². The first-order chi connectivity index (χ1) is 11.6. The molecule has 0 spiro atoms. The van der Waals surface area contributed by atoms with Crippen molar-refractivity contribution >= 4 is 23.6 Å². The Hall–Kier alpha value is -1.84. The van der Waals surface area contributed by atoms with Crippen LogP contribution in [-0.2, 0) is 4.79 Å². The lowest BCUT2D eigenvalue weighted by Gasteiger charge is -2.23. The van der Waals surface area contributed by atoms with Gasteiger partial charge < -0.3 is 5.11 Å². The van der Waals surface area contributed by atoms with Crippen molar-refractivity contribution in [3.8, 4) is 0 Å². The summed E-state index contributed by atoms with van der Waals surface area (Å²) >= 11 is 1.71. The van der Waals surface area contributed by atoms with Gasteiger partial charge in [0.15, 0.2) is 5.78 Å². The SMILES string of the molecule is C[C@H](CSc1ccccc1)[C@@H](O)[C@@H](C)C(=O)/C=C/c1ccccc1. The molecule has 0 fully saturated rings. The minimum absolute atomic E-state index is 0.0390. The Bertz CT molecular complexity index is 652. The summed E-state index contributed by atoms with van der Waals surface area (Å²) in [5.74, 6) is 0.379. The maximum absolute atomic E-state index is 12.3. The van der Waals surface area contributed by atoms with Crippen LogP contribution in [0.4, 0.5) is 0 Å². The summed E-state index contributed by atoms with van der Waals surface area (Å²) in [5.41, 5.74) is 0.986. The van der Waals surface area contributed by atoms with Crippen molar-refractivity contribution in [3.63, 3.8) is 0 Å². The van der Waals surface area contributed by atoms with Crippen LogP contribution in [0.1, 0.15) is 19.4 Å². The second-order valence-corrected chi connectivity index (χ2v) is 7.12. The first kappa shape index (κ1) is 18.5. The molecule has 2 aromatic rings. The molecule has 2 aromatic carbocycles. The van der Waals surface area contributed by atoms with E-state index in [4.69, 9.17) is 0 Å². The molecule has 126 valence electrons. The summed E-state index contributed by atoms with van der Waals surface area (Å²) in [6.45, 7) is 3.79. The van der Waals surface area contributed by atoms with Crippen LogP contribution < -0.4 is 0 Å². The number of rotatable bonds is 8. The molecule has 0 aliphatic rings. The van der Waals surface area contributed by atoms with Gasteiger partial charge >= 0.3 is 0 Å². The Labute approximate surface area is 148 Å². The van der Waals surface area contributed by atoms with Crippen LogP contribution in [-0.4, -0.2) is 22.7 Å². The van der Waals surface area contributed by atoms with Gasteiger partial charge in [-0.2, -0.15) is 0 Å². The molecule has 0 amide bonds. The molecule has 0 aliphatic carbocycles. The molecule has 24 heavy (non-hydrogen) atoms. The van der Waals surface area contributed by atoms with E-state index in [0.29, 0.717) is 0 Å². The Balaban J connectivity index is 1.86. The zero-order chi connectivity index (χ0) is 17.4. The number of carbonyl (C=O) groups is 1. The summed E-state index contributed by atoms with van der Waals surface area (Å²) in [4.78, 5) is 13.5. The number of hydrogen-bond acceptors (Lipinski definition) is 3. The Morgan fingerprint density at radius 3 is 2.25 bits per heavy atom. The maximum atomic E-state index is 12.3. The van der Waals surface area contributed by atoms with Crippen LogP contribution in [0.3, 0.4) is 0 Å². The normalized spacial score (nSPS) is 15.1. The molecular weight excluding hydrogens is 316 g/mol. The zero-order valence-electron chi connectivity index (χ0n) is 14.1. The van der Waals surface area contributed by atoms with Gasteiger partial charge in [0.25, 0.3) is 0 Å². The van der Waals surface area contributed by atoms with Gasteiger partial charge in [0.2, 0.25) is 0 Å². The smallest absolute Gasteiger partial charge is 0.161 e. The van der Waals surface area contributed by atoms with Crippen LogP contribution in [0.2, 0.25) is 0 Å². The number of benzene rings is 2. The molecule has 0 aliphatic heterocycles. The first-order valence-corrected chi connectivity index (χ1v) is 9.19. The second kappa shape index (κ2) is 9.45. The largest absolute Gasteiger partial charge is 0.392 e. The van der Waals surface area contributed by atoms with E-state index >= 15 is 0 Å². The lowest BCUT2D eigenvalue weighted by molar-refractivity contribution is -0.121. The first-order valence-electron chi connectivity index (χ1n) is 8.21. The monoisotopic (exact) mass is 340 g/mol. The molecule has 3 atom stereocenters. The molecule has 2 rings (SSSR count). The van der Waals surface area contributed by atoms with Crippen LogP contribution in [0.5, 0.6) is 0 Å². The van der Waals surface area contributed by atoms with Crippen molar-refractivity contribution in [2.45, 2.75) is 24.8 Å². The summed E-state index contributed by atoms with van der Waals surface area (Å²) in [6.07, 6.45) is 2.73. The minimum atomic E-state index is -0.644. The van der Waals surface area contributed by atoms with Crippen LogP contribution >= 0.6 is 11.8 Å². The number of thioether (sulfide) groups is 1. The molecule has 0 saturated heterocycles. The molecule has 0 aromatic heterocycles. The third kappa shape index (κ3) is 5.66. The number of carbonyl (C=O) groups excluding carboxylic acids is 1. The van der Waals surface area contributed by atoms with Crippen molar-refractivity contribution in [1.29, 1.82) is 0 Å². The van der Waals surface area contributed by atoms with E-state index in [1.165, 1.54) is 4.90 Å². The molecule has 0 radical (unpaired) electrons. The predicted octanol–water partition coefficient (Wildman–Crippen LogP) is 4.69. The fourth-order valence-corrected chi connectivity index (χ4v) is 3.40. The lowest BCUT2D eigenvalue weighted by Crippen LogP contribution is -2.31. The molecule has 2 nitrogen and oxygen atoms in total. The fraction of sp³-hybridized carbons (Fsp3) is 0.286. The van der Waals surface area contributed by atoms with Gasteiger partial charge in [-0.1, -0.05) is 68.5 Å². The number of aliphatic hydroxyl groups excluding tert-OH is 1.